The number of hydrogen-bond donors (Lipinski definition) is 5. The van der Waals surface area contributed by atoms with Gasteiger partial charge in [0.1, 0.15) is 47.2 Å². The van der Waals surface area contributed by atoms with Crippen LogP contribution in [0.4, 0.5) is 34.1 Å². The minimum atomic E-state index is -0.181. The first-order valence-electron chi connectivity index (χ1n) is 38.7. The minimum Gasteiger partial charge on any atom is -1.00 e. The molecule has 0 bridgehead atoms. The molecule has 46 heteroatoms. The number of halogens is 3. The summed E-state index contributed by atoms with van der Waals surface area (Å²) in [6.07, 6.45) is 22.6. The first kappa shape index (κ1) is 122. The van der Waals surface area contributed by atoms with Gasteiger partial charge in [0, 0.05) is 88.5 Å². The van der Waals surface area contributed by atoms with E-state index in [4.69, 9.17) is 55.3 Å². The molecular formula is C84H106BrI2K4N21O18+2. The molecule has 15 rings (SSSR count). The normalized spacial score (nSPS) is 10.0. The predicted molar refractivity (Wildman–Crippen MR) is 482 cm³/mol. The van der Waals surface area contributed by atoms with Gasteiger partial charge in [0.05, 0.1) is 48.3 Å². The van der Waals surface area contributed by atoms with Crippen molar-refractivity contribution in [2.24, 2.45) is 0 Å². The molecule has 678 valence electrons. The van der Waals surface area contributed by atoms with Crippen molar-refractivity contribution in [3.8, 4) is 0 Å². The molecule has 0 aliphatic rings. The van der Waals surface area contributed by atoms with Gasteiger partial charge in [-0.1, -0.05) is 81.9 Å². The second-order valence-electron chi connectivity index (χ2n) is 25.6. The number of rotatable bonds is 28. The Kier molecular flexibility index (Phi) is 68.3. The van der Waals surface area contributed by atoms with Gasteiger partial charge >= 0.3 is 363 Å². The number of carbonyl (C=O) groups excluding carboxylic acids is 3. The molecule has 6 N–H and O–H groups in total. The average molecular weight is 2190 g/mol. The Hall–Kier alpha value is -5.73. The van der Waals surface area contributed by atoms with Gasteiger partial charge in [0.15, 0.2) is 58.7 Å². The van der Waals surface area contributed by atoms with E-state index in [0.717, 1.165) is 120 Å². The molecule has 0 saturated heterocycles. The molecule has 9 aromatic heterocycles. The van der Waals surface area contributed by atoms with Crippen LogP contribution in [0.5, 0.6) is 0 Å². The number of nitrogens with one attached hydrogen (secondary N) is 1. The number of hydrogen-bond acceptors (Lipinski definition) is 36. The first-order valence-corrected chi connectivity index (χ1v) is 45.1. The minimum absolute atomic E-state index is 0. The summed E-state index contributed by atoms with van der Waals surface area (Å²) in [5, 5.41) is 93.8. The van der Waals surface area contributed by atoms with Crippen LogP contribution in [0, 0.1) is 6.92 Å². The third kappa shape index (κ3) is 41.5. The smallest absolute Gasteiger partial charge is 1.00 e. The number of alkyl halides is 4. The zero-order chi connectivity index (χ0) is 91.8. The number of aromatic nitrogens is 15. The zero-order valence-corrected chi connectivity index (χ0v) is 94.1. The van der Waals surface area contributed by atoms with Gasteiger partial charge in [-0.05, 0) is 156 Å². The van der Waals surface area contributed by atoms with E-state index in [2.05, 4.69) is 297 Å². The van der Waals surface area contributed by atoms with Crippen LogP contribution in [-0.2, 0) is 48.8 Å². The zero-order valence-electron chi connectivity index (χ0n) is 77.7. The van der Waals surface area contributed by atoms with E-state index in [1.54, 1.807) is 31.4 Å². The van der Waals surface area contributed by atoms with E-state index < -0.39 is 0 Å². The molecule has 0 fully saturated rings. The number of nitrogens with zero attached hydrogens (tertiary/aromatic N) is 19. The van der Waals surface area contributed by atoms with Crippen molar-refractivity contribution in [2.75, 3.05) is 138 Å². The Morgan fingerprint density at radius 3 is 1.18 bits per heavy atom. The van der Waals surface area contributed by atoms with E-state index in [1.165, 1.54) is 12.0 Å². The Morgan fingerprint density at radius 1 is 0.469 bits per heavy atom. The van der Waals surface area contributed by atoms with Crippen LogP contribution in [0.3, 0.4) is 0 Å². The monoisotopic (exact) mass is 2190 g/mol. The van der Waals surface area contributed by atoms with Crippen LogP contribution in [0.15, 0.2) is 192 Å². The van der Waals surface area contributed by atoms with Crippen LogP contribution in [0.25, 0.3) is 90.5 Å². The quantitative estimate of drug-likeness (QED) is 0.00351. The van der Waals surface area contributed by atoms with Gasteiger partial charge in [-0.2, -0.15) is 0 Å². The maximum atomic E-state index is 10.8. The van der Waals surface area contributed by atoms with Crippen molar-refractivity contribution >= 4 is 182 Å². The summed E-state index contributed by atoms with van der Waals surface area (Å²) in [5.41, 5.74) is 24.9. The van der Waals surface area contributed by atoms with E-state index in [-0.39, 0.29) is 262 Å². The summed E-state index contributed by atoms with van der Waals surface area (Å²) in [7, 11) is 11.1. The Labute approximate surface area is 957 Å². The molecule has 6 aromatic carbocycles. The third-order valence-electron chi connectivity index (χ3n) is 17.4. The second-order valence-corrected chi connectivity index (χ2v) is 29.2. The summed E-state index contributed by atoms with van der Waals surface area (Å²) in [4.78, 5) is 52.7. The number of aliphatic hydroxyl groups is 3. The van der Waals surface area contributed by atoms with Crippen LogP contribution in [0.2, 0.25) is 0 Å². The fourth-order valence-electron chi connectivity index (χ4n) is 10.8. The number of fused-ring (bicyclic) bond motifs is 6. The van der Waals surface area contributed by atoms with Crippen LogP contribution < -0.4 is 282 Å². The van der Waals surface area contributed by atoms with Crippen molar-refractivity contribution in [1.29, 1.82) is 0 Å². The van der Waals surface area contributed by atoms with Crippen molar-refractivity contribution in [2.45, 2.75) is 60.7 Å². The molecule has 130 heavy (non-hydrogen) atoms. The number of nitrogen functional groups attached to an aromatic ring is 1. The van der Waals surface area contributed by atoms with Gasteiger partial charge in [-0.3, -0.25) is 14.4 Å². The van der Waals surface area contributed by atoms with Gasteiger partial charge in [0.2, 0.25) is 0 Å². The SMILES string of the molecule is CCCBr.CC[n+]1ccc(/C=C/c2ccc(N(C)CCO)c3nonc23)cc1.CC[n+]1ccc(/C=C/c2ccc(N(C)CC[I-]COOC)c3nonc23)cc1.CC[n+]1ccc(C)cc1.CI.CN(CCO)c1ccc(C=O)c2nonc12.CN(CCO)c1cccc2nonc12.CNc1cccc2nonc12.Nc1cccc2nonc12.O=CO[O-].O=CO[O-].[H-].[H-].[K+].[K+].[K+].[K+]. The van der Waals surface area contributed by atoms with E-state index in [9.17, 15) is 4.79 Å². The maximum absolute atomic E-state index is 10.8. The molecule has 0 radical (unpaired) electrons. The molecule has 15 aromatic rings. The second kappa shape index (κ2) is 72.6. The predicted octanol–water partition coefficient (Wildman–Crippen LogP) is -5.67. The summed E-state index contributed by atoms with van der Waals surface area (Å²) < 4.78 is 36.5. The third-order valence-corrected chi connectivity index (χ3v) is 20.2. The fourth-order valence-corrected chi connectivity index (χ4v) is 12.6. The van der Waals surface area contributed by atoms with Crippen molar-refractivity contribution in [1.82, 2.24) is 61.9 Å². The molecule has 9 heterocycles. The Bertz CT molecular complexity index is 5640. The van der Waals surface area contributed by atoms with Crippen LogP contribution in [0.1, 0.15) is 75.1 Å². The average Bonchev–Trinajstić information content (AvgIpc) is 1.65. The molecule has 0 aliphatic heterocycles. The Balaban J connectivity index is 0. The molecule has 0 saturated carbocycles. The summed E-state index contributed by atoms with van der Waals surface area (Å²) >= 11 is 5.35. The van der Waals surface area contributed by atoms with Crippen molar-refractivity contribution < 1.29 is 331 Å². The number of likely N-dealkylation sites (N-methyl/N-ethyl adjacent to an activating group) is 3. The van der Waals surface area contributed by atoms with Gasteiger partial charge < -0.3 is 64.2 Å². The number of aryl methyl sites for hydroxylation is 4. The van der Waals surface area contributed by atoms with Gasteiger partial charge in [-0.15, -0.1) is 0 Å². The number of aldehydes is 1. The molecule has 0 aliphatic carbocycles. The van der Waals surface area contributed by atoms with Gasteiger partial charge in [-0.25, -0.2) is 36.8 Å². The summed E-state index contributed by atoms with van der Waals surface area (Å²) in [5.74, 6) is 0. The number of carbonyl (C=O) groups is 3. The standard InChI is InChI=1S/C20H25IN4O3.C18H21N4O2.C10H11N3O3.C9H11N3O2.C8H12N.C7H7N3O.C6H5N3O.C3H7Br.CH3I.2CH2O3.4K.2H/c1-4-25-12-9-16(10-13-25)5-6-17-7-8-18(20-19(17)22-28-23-20)24(2)14-11-21-15-27-26-3;1-3-22-10-8-14(9-11-22)4-5-15-6-7-16(21(2)12-13-23)18-17(15)19-24-20-18;1-13(4-5-14)8-3-2-7(6-15)9-10(8)12-16-11-9;1-12(5-6-13)8-4-2-3-7-9(8)11-14-10-7;1-3-9-6-4-8(2)5-7-9;1-8-5-3-2-4-6-7(5)10-11-9-6;7-4-2-1-3-5-6(4)9-10-8-5;1-2-3-4;1-2;2*2-1-4-3;;;;;;/h5-10,12-13H,4,11,14-15H2,1-3H3;4-11,23H,3,12-13H2,1-2H3;2-3,6,14H,4-5H2,1H3;2-4,13H,5-6H2,1H3;4-7H,3H2,1-2H3;2-4,8H,1H3;1-3H,7H2;2-3H2,1H3;1H3;2*1,3H;;;;;;/q;+1;;;+1;;;;;;;4*+1;2*-1/p-2. The Morgan fingerprint density at radius 2 is 0.800 bits per heavy atom. The van der Waals surface area contributed by atoms with E-state index in [1.807, 2.05) is 115 Å². The molecule has 0 unspecified atom stereocenters. The van der Waals surface area contributed by atoms with Crippen LogP contribution >= 0.6 is 38.5 Å². The summed E-state index contributed by atoms with van der Waals surface area (Å²) in [6, 6.07) is 40.7. The number of nitrogens with two attached hydrogens (primary N) is 1. The molecule has 0 atom stereocenters. The number of anilines is 6. The fraction of sp³-hybridized carbons (Fsp3) is 0.310. The van der Waals surface area contributed by atoms with Crippen LogP contribution in [-0.4, -0.2) is 204 Å². The molecule has 0 spiro atoms. The molecule has 0 amide bonds. The van der Waals surface area contributed by atoms with E-state index >= 15 is 0 Å². The van der Waals surface area contributed by atoms with Crippen molar-refractivity contribution in [3.63, 3.8) is 0 Å². The summed E-state index contributed by atoms with van der Waals surface area (Å²) in [6.45, 7) is 15.9. The number of pyridine rings is 3. The van der Waals surface area contributed by atoms with E-state index in [0.29, 0.717) is 74.9 Å². The number of aliphatic hydroxyl groups excluding tert-OH is 3. The topological polar surface area (TPSA) is 491 Å². The number of benzene rings is 6. The van der Waals surface area contributed by atoms with Crippen molar-refractivity contribution in [3.05, 3.63) is 198 Å². The molecule has 39 nitrogen and oxygen atoms in total. The first-order chi connectivity index (χ1) is 61.4. The molecular weight excluding hydrogens is 2080 g/mol. The van der Waals surface area contributed by atoms with Gasteiger partial charge in [0.25, 0.3) is 12.9 Å².